The summed E-state index contributed by atoms with van der Waals surface area (Å²) in [6, 6.07) is 26.1. The van der Waals surface area contributed by atoms with Crippen LogP contribution in [0.2, 0.25) is 0 Å². The third kappa shape index (κ3) is 4.58. The molecule has 0 amide bonds. The summed E-state index contributed by atoms with van der Waals surface area (Å²) in [6.45, 7) is 0. The van der Waals surface area contributed by atoms with Gasteiger partial charge in [-0.2, -0.15) is 5.26 Å². The highest BCUT2D eigenvalue weighted by atomic mass is 16.5. The Morgan fingerprint density at radius 1 is 1.03 bits per heavy atom. The number of aromatic nitrogens is 2. The largest absolute Gasteiger partial charge is 0.494 e. The molecule has 0 saturated carbocycles. The quantitative estimate of drug-likeness (QED) is 0.385. The Kier molecular flexibility index (Phi) is 6.70. The Balaban J connectivity index is 1.88. The molecule has 0 bridgehead atoms. The van der Waals surface area contributed by atoms with E-state index in [2.05, 4.69) is 35.3 Å². The molecule has 1 aromatic heterocycles. The van der Waals surface area contributed by atoms with E-state index >= 15 is 0 Å². The lowest BCUT2D eigenvalue weighted by molar-refractivity contribution is -0.142. The van der Waals surface area contributed by atoms with Gasteiger partial charge in [0, 0.05) is 5.92 Å². The Labute approximate surface area is 192 Å². The van der Waals surface area contributed by atoms with Crippen LogP contribution in [0.4, 0.5) is 0 Å². The van der Waals surface area contributed by atoms with Crippen LogP contribution in [0.25, 0.3) is 11.0 Å². The van der Waals surface area contributed by atoms with Crippen molar-refractivity contribution in [1.82, 2.24) is 9.97 Å². The van der Waals surface area contributed by atoms with Gasteiger partial charge in [0.15, 0.2) is 0 Å². The maximum Gasteiger partial charge on any atom is 0.314 e. The third-order valence-corrected chi connectivity index (χ3v) is 5.85. The molecule has 166 valence electrons. The van der Waals surface area contributed by atoms with Gasteiger partial charge < -0.3 is 14.5 Å². The van der Waals surface area contributed by atoms with Crippen molar-refractivity contribution in [3.63, 3.8) is 0 Å². The molecule has 1 heterocycles. The molecule has 4 rings (SSSR count). The van der Waals surface area contributed by atoms with E-state index in [0.717, 1.165) is 17.8 Å². The van der Waals surface area contributed by atoms with Gasteiger partial charge in [-0.1, -0.05) is 66.7 Å². The second-order valence-electron chi connectivity index (χ2n) is 7.79. The molecule has 0 radical (unpaired) electrons. The minimum Gasteiger partial charge on any atom is -0.494 e. The number of carbonyl (C=O) groups is 1. The lowest BCUT2D eigenvalue weighted by atomic mass is 9.91. The van der Waals surface area contributed by atoms with Crippen LogP contribution in [0.15, 0.2) is 72.8 Å². The molecule has 0 aliphatic heterocycles. The Hall–Kier alpha value is -4.11. The van der Waals surface area contributed by atoms with E-state index < -0.39 is 11.9 Å². The van der Waals surface area contributed by atoms with Gasteiger partial charge in [0.2, 0.25) is 0 Å². The Bertz CT molecular complexity index is 1280. The number of rotatable bonds is 8. The van der Waals surface area contributed by atoms with Crippen molar-refractivity contribution >= 4 is 17.0 Å². The molecule has 6 nitrogen and oxygen atoms in total. The van der Waals surface area contributed by atoms with E-state index in [4.69, 9.17) is 14.5 Å². The zero-order valence-electron chi connectivity index (χ0n) is 18.6. The van der Waals surface area contributed by atoms with Crippen molar-refractivity contribution in [3.8, 4) is 11.8 Å². The summed E-state index contributed by atoms with van der Waals surface area (Å²) < 4.78 is 10.5. The number of carbonyl (C=O) groups excluding carboxylic acids is 1. The van der Waals surface area contributed by atoms with Gasteiger partial charge in [0.25, 0.3) is 0 Å². The number of H-pyrrole nitrogens is 1. The fourth-order valence-corrected chi connectivity index (χ4v) is 4.18. The molecule has 6 heteroatoms. The average molecular weight is 440 g/mol. The first-order chi connectivity index (χ1) is 16.2. The number of benzene rings is 3. The Morgan fingerprint density at radius 3 is 2.36 bits per heavy atom. The maximum atomic E-state index is 12.5. The molecular formula is C27H25N3O3. The second-order valence-corrected chi connectivity index (χ2v) is 7.79. The lowest BCUT2D eigenvalue weighted by Gasteiger charge is -2.15. The normalized spacial score (nSPS) is 12.6. The van der Waals surface area contributed by atoms with Crippen molar-refractivity contribution < 1.29 is 14.3 Å². The predicted octanol–water partition coefficient (Wildman–Crippen LogP) is 5.12. The first-order valence-corrected chi connectivity index (χ1v) is 10.8. The van der Waals surface area contributed by atoms with Crippen molar-refractivity contribution in [2.24, 2.45) is 0 Å². The summed E-state index contributed by atoms with van der Waals surface area (Å²) >= 11 is 0. The smallest absolute Gasteiger partial charge is 0.314 e. The Morgan fingerprint density at radius 2 is 1.73 bits per heavy atom. The summed E-state index contributed by atoms with van der Waals surface area (Å²) in [7, 11) is 2.93. The zero-order valence-corrected chi connectivity index (χ0v) is 18.6. The van der Waals surface area contributed by atoms with Gasteiger partial charge in [-0.25, -0.2) is 4.98 Å². The average Bonchev–Trinajstić information content (AvgIpc) is 3.31. The summed E-state index contributed by atoms with van der Waals surface area (Å²) in [5, 5.41) is 9.31. The van der Waals surface area contributed by atoms with Crippen molar-refractivity contribution in [1.29, 1.82) is 5.26 Å². The van der Waals surface area contributed by atoms with Crippen molar-refractivity contribution in [2.75, 3.05) is 14.2 Å². The highest BCUT2D eigenvalue weighted by Gasteiger charge is 2.27. The lowest BCUT2D eigenvalue weighted by Crippen LogP contribution is -2.14. The van der Waals surface area contributed by atoms with Gasteiger partial charge in [0.05, 0.1) is 38.1 Å². The van der Waals surface area contributed by atoms with E-state index in [1.807, 2.05) is 36.4 Å². The minimum atomic E-state index is -0.728. The summed E-state index contributed by atoms with van der Waals surface area (Å²) in [5.74, 6) is 0.169. The molecule has 4 aromatic rings. The molecule has 33 heavy (non-hydrogen) atoms. The van der Waals surface area contributed by atoms with Crippen LogP contribution in [-0.2, 0) is 16.0 Å². The van der Waals surface area contributed by atoms with Gasteiger partial charge in [-0.15, -0.1) is 0 Å². The second kappa shape index (κ2) is 10.0. The number of esters is 1. The molecule has 1 N–H and O–H groups in total. The first-order valence-electron chi connectivity index (χ1n) is 10.8. The fraction of sp³-hybridized carbons (Fsp3) is 0.222. The number of fused-ring (bicyclic) bond motifs is 1. The number of imidazole rings is 1. The molecule has 2 atom stereocenters. The molecule has 0 saturated heterocycles. The van der Waals surface area contributed by atoms with Gasteiger partial charge >= 0.3 is 5.97 Å². The van der Waals surface area contributed by atoms with Gasteiger partial charge in [-0.05, 0) is 29.2 Å². The standard InChI is InChI=1S/C27H25N3O3/c1-32-23-14-13-20(21(15-16-28)27(31)33-2)24-25(23)30-26(29-24)22(19-11-7-4-8-12-19)17-18-9-5-3-6-10-18/h3-14,21-22H,15,17H2,1-2H3,(H,29,30). The number of nitrogens with one attached hydrogen (secondary N) is 1. The molecule has 0 aliphatic carbocycles. The van der Waals surface area contributed by atoms with E-state index in [-0.39, 0.29) is 12.3 Å². The predicted molar refractivity (Wildman–Crippen MR) is 126 cm³/mol. The maximum absolute atomic E-state index is 12.5. The van der Waals surface area contributed by atoms with Gasteiger partial charge in [0.1, 0.15) is 17.1 Å². The van der Waals surface area contributed by atoms with Crippen LogP contribution in [-0.4, -0.2) is 30.2 Å². The van der Waals surface area contributed by atoms with E-state index in [1.54, 1.807) is 19.2 Å². The number of nitriles is 1. The van der Waals surface area contributed by atoms with Crippen LogP contribution in [0.1, 0.15) is 40.8 Å². The summed E-state index contributed by atoms with van der Waals surface area (Å²) in [5.41, 5.74) is 4.28. The van der Waals surface area contributed by atoms with Crippen LogP contribution < -0.4 is 4.74 Å². The molecule has 2 unspecified atom stereocenters. The first kappa shape index (κ1) is 22.1. The van der Waals surface area contributed by atoms with E-state index in [9.17, 15) is 10.1 Å². The highest BCUT2D eigenvalue weighted by Crippen LogP contribution is 2.36. The number of ether oxygens (including phenoxy) is 2. The number of hydrogen-bond acceptors (Lipinski definition) is 5. The highest BCUT2D eigenvalue weighted by molar-refractivity contribution is 5.90. The zero-order chi connectivity index (χ0) is 23.2. The molecule has 0 spiro atoms. The topological polar surface area (TPSA) is 88.0 Å². The van der Waals surface area contributed by atoms with Crippen molar-refractivity contribution in [2.45, 2.75) is 24.7 Å². The summed E-state index contributed by atoms with van der Waals surface area (Å²) in [6.07, 6.45) is 0.753. The van der Waals surface area contributed by atoms with E-state index in [0.29, 0.717) is 22.3 Å². The van der Waals surface area contributed by atoms with Crippen LogP contribution in [0, 0.1) is 11.3 Å². The number of nitrogens with zero attached hydrogens (tertiary/aromatic N) is 2. The van der Waals surface area contributed by atoms with Crippen LogP contribution >= 0.6 is 0 Å². The minimum absolute atomic E-state index is 0.00241. The SMILES string of the molecule is COC(=O)C(CC#N)c1ccc(OC)c2[nH]c(C(Cc3ccccc3)c3ccccc3)nc12. The molecule has 0 aliphatic rings. The molecule has 0 fully saturated rings. The molecule has 3 aromatic carbocycles. The number of hydrogen-bond donors (Lipinski definition) is 1. The third-order valence-electron chi connectivity index (χ3n) is 5.85. The van der Waals surface area contributed by atoms with Crippen LogP contribution in [0.3, 0.4) is 0 Å². The van der Waals surface area contributed by atoms with E-state index in [1.165, 1.54) is 12.7 Å². The van der Waals surface area contributed by atoms with Crippen molar-refractivity contribution in [3.05, 3.63) is 95.3 Å². The monoisotopic (exact) mass is 439 g/mol. The molecular weight excluding hydrogens is 414 g/mol. The number of aromatic amines is 1. The fourth-order valence-electron chi connectivity index (χ4n) is 4.18. The number of methoxy groups -OCH3 is 2. The van der Waals surface area contributed by atoms with Gasteiger partial charge in [-0.3, -0.25) is 4.79 Å². The summed E-state index contributed by atoms with van der Waals surface area (Å²) in [4.78, 5) is 20.9. The van der Waals surface area contributed by atoms with Crippen LogP contribution in [0.5, 0.6) is 5.75 Å².